The average Bonchev–Trinajstić information content (AvgIpc) is 3.27. The lowest BCUT2D eigenvalue weighted by atomic mass is 10.1. The lowest BCUT2D eigenvalue weighted by Gasteiger charge is -2.26. The van der Waals surface area contributed by atoms with E-state index in [1.54, 1.807) is 0 Å². The van der Waals surface area contributed by atoms with Gasteiger partial charge in [0, 0.05) is 24.1 Å². The van der Waals surface area contributed by atoms with E-state index in [1.165, 1.54) is 32.1 Å². The number of hydrogen-bond acceptors (Lipinski definition) is 4. The summed E-state index contributed by atoms with van der Waals surface area (Å²) < 4.78 is 0. The molecule has 2 fully saturated rings. The van der Waals surface area contributed by atoms with E-state index in [0.29, 0.717) is 17.8 Å². The number of rotatable bonds is 6. The monoisotopic (exact) mass is 274 g/mol. The predicted octanol–water partition coefficient (Wildman–Crippen LogP) is 3.26. The van der Waals surface area contributed by atoms with Crippen LogP contribution in [0.1, 0.15) is 63.3 Å². The second kappa shape index (κ2) is 5.23. The van der Waals surface area contributed by atoms with Crippen LogP contribution < -0.4 is 10.6 Å². The third kappa shape index (κ3) is 2.89. The van der Waals surface area contributed by atoms with Gasteiger partial charge in [-0.3, -0.25) is 0 Å². The van der Waals surface area contributed by atoms with Gasteiger partial charge in [-0.05, 0) is 44.9 Å². The highest BCUT2D eigenvalue weighted by molar-refractivity contribution is 5.58. The standard InChI is InChI=1S/C16H26N4/c1-10(2)8-9-20(13-6-7-13)16-11(3)14(17)18-15(19-16)12-4-5-12/h10,12-13H,4-9H2,1-3H3,(H2,17,18,19). The molecule has 1 aromatic heterocycles. The summed E-state index contributed by atoms with van der Waals surface area (Å²) >= 11 is 0. The molecule has 0 radical (unpaired) electrons. The topological polar surface area (TPSA) is 55.0 Å². The van der Waals surface area contributed by atoms with E-state index < -0.39 is 0 Å². The van der Waals surface area contributed by atoms with Gasteiger partial charge in [0.2, 0.25) is 0 Å². The highest BCUT2D eigenvalue weighted by Gasteiger charge is 2.33. The third-order valence-corrected chi connectivity index (χ3v) is 4.32. The van der Waals surface area contributed by atoms with Crippen LogP contribution in [-0.2, 0) is 0 Å². The van der Waals surface area contributed by atoms with Crippen molar-refractivity contribution >= 4 is 11.6 Å². The Hall–Kier alpha value is -1.32. The number of nitrogens with zero attached hydrogens (tertiary/aromatic N) is 3. The van der Waals surface area contributed by atoms with Gasteiger partial charge in [0.15, 0.2) is 0 Å². The van der Waals surface area contributed by atoms with Gasteiger partial charge in [0.1, 0.15) is 17.5 Å². The van der Waals surface area contributed by atoms with Crippen LogP contribution in [0.2, 0.25) is 0 Å². The second-order valence-electron chi connectivity index (χ2n) is 6.80. The quantitative estimate of drug-likeness (QED) is 0.865. The van der Waals surface area contributed by atoms with E-state index in [1.807, 2.05) is 0 Å². The van der Waals surface area contributed by atoms with Gasteiger partial charge in [-0.2, -0.15) is 0 Å². The molecule has 2 N–H and O–H groups in total. The lowest BCUT2D eigenvalue weighted by Crippen LogP contribution is -2.30. The molecule has 1 aromatic rings. The van der Waals surface area contributed by atoms with Gasteiger partial charge in [-0.15, -0.1) is 0 Å². The third-order valence-electron chi connectivity index (χ3n) is 4.32. The van der Waals surface area contributed by atoms with Crippen LogP contribution in [-0.4, -0.2) is 22.6 Å². The predicted molar refractivity (Wildman–Crippen MR) is 83.0 cm³/mol. The zero-order chi connectivity index (χ0) is 14.3. The molecule has 0 aromatic carbocycles. The van der Waals surface area contributed by atoms with Crippen molar-refractivity contribution in [3.8, 4) is 0 Å². The SMILES string of the molecule is Cc1c(N)nc(C2CC2)nc1N(CCC(C)C)C1CC1. The molecular weight excluding hydrogens is 248 g/mol. The normalized spacial score (nSPS) is 18.6. The van der Waals surface area contributed by atoms with Crippen LogP contribution in [0.15, 0.2) is 0 Å². The molecule has 2 aliphatic carbocycles. The minimum absolute atomic E-state index is 0.558. The molecule has 3 rings (SSSR count). The maximum absolute atomic E-state index is 6.12. The minimum Gasteiger partial charge on any atom is -0.383 e. The molecule has 0 atom stereocenters. The Morgan fingerprint density at radius 1 is 1.20 bits per heavy atom. The van der Waals surface area contributed by atoms with Crippen molar-refractivity contribution in [2.75, 3.05) is 17.2 Å². The Morgan fingerprint density at radius 3 is 2.45 bits per heavy atom. The lowest BCUT2D eigenvalue weighted by molar-refractivity contribution is 0.567. The summed E-state index contributed by atoms with van der Waals surface area (Å²) in [5, 5.41) is 0. The molecule has 0 aliphatic heterocycles. The van der Waals surface area contributed by atoms with Crippen molar-refractivity contribution in [2.45, 2.75) is 64.8 Å². The van der Waals surface area contributed by atoms with Crippen molar-refractivity contribution in [3.63, 3.8) is 0 Å². The number of anilines is 2. The summed E-state index contributed by atoms with van der Waals surface area (Å²) in [6.07, 6.45) is 6.23. The van der Waals surface area contributed by atoms with E-state index in [0.717, 1.165) is 29.7 Å². The largest absolute Gasteiger partial charge is 0.383 e. The van der Waals surface area contributed by atoms with Gasteiger partial charge < -0.3 is 10.6 Å². The molecule has 0 bridgehead atoms. The molecule has 0 unspecified atom stereocenters. The Kier molecular flexibility index (Phi) is 3.57. The van der Waals surface area contributed by atoms with Crippen LogP contribution in [0.25, 0.3) is 0 Å². The fourth-order valence-electron chi connectivity index (χ4n) is 2.59. The number of nitrogens with two attached hydrogens (primary N) is 1. The molecule has 2 saturated carbocycles. The first kappa shape index (κ1) is 13.7. The maximum Gasteiger partial charge on any atom is 0.137 e. The molecule has 0 amide bonds. The fourth-order valence-corrected chi connectivity index (χ4v) is 2.59. The van der Waals surface area contributed by atoms with Gasteiger partial charge in [-0.25, -0.2) is 9.97 Å². The molecule has 110 valence electrons. The molecule has 4 heteroatoms. The molecule has 2 aliphatic rings. The Bertz CT molecular complexity index is 489. The summed E-state index contributed by atoms with van der Waals surface area (Å²) in [5.74, 6) is 4.02. The van der Waals surface area contributed by atoms with Crippen LogP contribution >= 0.6 is 0 Å². The smallest absolute Gasteiger partial charge is 0.137 e. The summed E-state index contributed by atoms with van der Waals surface area (Å²) in [7, 11) is 0. The van der Waals surface area contributed by atoms with Crippen LogP contribution in [0.4, 0.5) is 11.6 Å². The molecule has 1 heterocycles. The average molecular weight is 274 g/mol. The van der Waals surface area contributed by atoms with E-state index in [-0.39, 0.29) is 0 Å². The first-order valence-electron chi connectivity index (χ1n) is 7.97. The van der Waals surface area contributed by atoms with E-state index in [9.17, 15) is 0 Å². The van der Waals surface area contributed by atoms with Crippen LogP contribution in [0.3, 0.4) is 0 Å². The van der Waals surface area contributed by atoms with Crippen molar-refractivity contribution in [1.82, 2.24) is 9.97 Å². The van der Waals surface area contributed by atoms with E-state index >= 15 is 0 Å². The fraction of sp³-hybridized carbons (Fsp3) is 0.750. The first-order chi connectivity index (χ1) is 9.56. The molecule has 0 saturated heterocycles. The van der Waals surface area contributed by atoms with E-state index in [2.05, 4.69) is 30.7 Å². The van der Waals surface area contributed by atoms with E-state index in [4.69, 9.17) is 10.7 Å². The Morgan fingerprint density at radius 2 is 1.90 bits per heavy atom. The molecular formula is C16H26N4. The highest BCUT2D eigenvalue weighted by Crippen LogP contribution is 2.41. The molecule has 0 spiro atoms. The second-order valence-corrected chi connectivity index (χ2v) is 6.80. The number of nitrogen functional groups attached to an aromatic ring is 1. The number of hydrogen-bond donors (Lipinski definition) is 1. The van der Waals surface area contributed by atoms with Crippen molar-refractivity contribution in [2.24, 2.45) is 5.92 Å². The van der Waals surface area contributed by atoms with Gasteiger partial charge in [0.05, 0.1) is 0 Å². The van der Waals surface area contributed by atoms with Gasteiger partial charge in [-0.1, -0.05) is 13.8 Å². The maximum atomic E-state index is 6.12. The van der Waals surface area contributed by atoms with Crippen LogP contribution in [0.5, 0.6) is 0 Å². The van der Waals surface area contributed by atoms with Crippen LogP contribution in [0, 0.1) is 12.8 Å². The zero-order valence-corrected chi connectivity index (χ0v) is 12.9. The first-order valence-corrected chi connectivity index (χ1v) is 7.97. The minimum atomic E-state index is 0.558. The summed E-state index contributed by atoms with van der Waals surface area (Å²) in [6.45, 7) is 7.71. The summed E-state index contributed by atoms with van der Waals surface area (Å²) in [6, 6.07) is 0.675. The number of aromatic nitrogens is 2. The zero-order valence-electron chi connectivity index (χ0n) is 12.9. The molecule has 4 nitrogen and oxygen atoms in total. The molecule has 20 heavy (non-hydrogen) atoms. The highest BCUT2D eigenvalue weighted by atomic mass is 15.2. The Labute approximate surface area is 121 Å². The van der Waals surface area contributed by atoms with Gasteiger partial charge >= 0.3 is 0 Å². The van der Waals surface area contributed by atoms with Crippen molar-refractivity contribution < 1.29 is 0 Å². The van der Waals surface area contributed by atoms with Gasteiger partial charge in [0.25, 0.3) is 0 Å². The summed E-state index contributed by atoms with van der Waals surface area (Å²) in [4.78, 5) is 11.8. The van der Waals surface area contributed by atoms with Crippen molar-refractivity contribution in [3.05, 3.63) is 11.4 Å². The van der Waals surface area contributed by atoms with Crippen molar-refractivity contribution in [1.29, 1.82) is 0 Å². The summed E-state index contributed by atoms with van der Waals surface area (Å²) in [5.41, 5.74) is 7.18. The Balaban J connectivity index is 1.88.